The molecule has 4 heteroatoms. The summed E-state index contributed by atoms with van der Waals surface area (Å²) in [7, 11) is 3.95. The maximum Gasteiger partial charge on any atom is 0.142 e. The molecule has 0 amide bonds. The average Bonchev–Trinajstić information content (AvgIpc) is 2.05. The fourth-order valence-corrected chi connectivity index (χ4v) is 1.57. The van der Waals surface area contributed by atoms with Crippen LogP contribution in [-0.4, -0.2) is 57.0 Å². The van der Waals surface area contributed by atoms with Gasteiger partial charge in [0, 0.05) is 26.2 Å². The van der Waals surface area contributed by atoms with Crippen LogP contribution in [0.15, 0.2) is 0 Å². The summed E-state index contributed by atoms with van der Waals surface area (Å²) in [6, 6.07) is 0. The minimum atomic E-state index is -0.373. The largest absolute Gasteiger partial charge is 0.313 e. The molecule has 70 valence electrons. The highest BCUT2D eigenvalue weighted by atomic mass is 16.1. The second-order valence-corrected chi connectivity index (χ2v) is 3.62. The highest BCUT2D eigenvalue weighted by molar-refractivity contribution is 5.65. The first kappa shape index (κ1) is 9.64. The van der Waals surface area contributed by atoms with Crippen molar-refractivity contribution in [3.8, 4) is 0 Å². The summed E-state index contributed by atoms with van der Waals surface area (Å²) in [5.74, 6) is 0. The number of nitrogens with one attached hydrogen (secondary N) is 2. The SMILES string of the molecule is CN(C)CC1(C=O)CNCCN1. The molecule has 0 aliphatic carbocycles. The molecule has 0 saturated carbocycles. The third-order valence-electron chi connectivity index (χ3n) is 2.04. The van der Waals surface area contributed by atoms with Gasteiger partial charge in [0.1, 0.15) is 6.29 Å². The molecule has 1 atom stereocenters. The molecular weight excluding hydrogens is 154 g/mol. The van der Waals surface area contributed by atoms with Crippen molar-refractivity contribution >= 4 is 6.29 Å². The summed E-state index contributed by atoms with van der Waals surface area (Å²) in [4.78, 5) is 12.9. The highest BCUT2D eigenvalue weighted by Gasteiger charge is 2.31. The molecule has 0 radical (unpaired) electrons. The van der Waals surface area contributed by atoms with E-state index < -0.39 is 0 Å². The van der Waals surface area contributed by atoms with E-state index in [2.05, 4.69) is 10.6 Å². The van der Waals surface area contributed by atoms with E-state index in [1.54, 1.807) is 0 Å². The normalized spacial score (nSPS) is 30.6. The standard InChI is InChI=1S/C8H17N3O/c1-11(2)6-8(7-12)5-9-3-4-10-8/h7,9-10H,3-6H2,1-2H3. The molecule has 12 heavy (non-hydrogen) atoms. The van der Waals surface area contributed by atoms with Crippen LogP contribution in [-0.2, 0) is 4.79 Å². The van der Waals surface area contributed by atoms with Crippen LogP contribution in [0.3, 0.4) is 0 Å². The lowest BCUT2D eigenvalue weighted by Gasteiger charge is -2.35. The molecule has 2 N–H and O–H groups in total. The number of hydrogen-bond acceptors (Lipinski definition) is 4. The minimum absolute atomic E-state index is 0.373. The van der Waals surface area contributed by atoms with Crippen LogP contribution in [0.1, 0.15) is 0 Å². The van der Waals surface area contributed by atoms with Gasteiger partial charge in [0.2, 0.25) is 0 Å². The summed E-state index contributed by atoms with van der Waals surface area (Å²) >= 11 is 0. The van der Waals surface area contributed by atoms with Crippen molar-refractivity contribution in [2.75, 3.05) is 40.3 Å². The molecule has 0 spiro atoms. The van der Waals surface area contributed by atoms with Crippen molar-refractivity contribution in [2.45, 2.75) is 5.54 Å². The Labute approximate surface area is 73.3 Å². The fraction of sp³-hybridized carbons (Fsp3) is 0.875. The van der Waals surface area contributed by atoms with Gasteiger partial charge in [0.05, 0.1) is 5.54 Å². The van der Waals surface area contributed by atoms with Gasteiger partial charge in [0.15, 0.2) is 0 Å². The summed E-state index contributed by atoms with van der Waals surface area (Å²) < 4.78 is 0. The second kappa shape index (κ2) is 3.98. The van der Waals surface area contributed by atoms with Crippen molar-refractivity contribution in [3.63, 3.8) is 0 Å². The van der Waals surface area contributed by atoms with Crippen LogP contribution in [0.2, 0.25) is 0 Å². The molecule has 1 aliphatic rings. The van der Waals surface area contributed by atoms with Crippen molar-refractivity contribution in [3.05, 3.63) is 0 Å². The van der Waals surface area contributed by atoms with E-state index in [0.717, 1.165) is 32.5 Å². The van der Waals surface area contributed by atoms with Gasteiger partial charge in [-0.05, 0) is 14.1 Å². The Morgan fingerprint density at radius 3 is 2.67 bits per heavy atom. The number of nitrogens with zero attached hydrogens (tertiary/aromatic N) is 1. The zero-order valence-corrected chi connectivity index (χ0v) is 7.76. The maximum absolute atomic E-state index is 10.9. The van der Waals surface area contributed by atoms with Gasteiger partial charge in [-0.25, -0.2) is 0 Å². The van der Waals surface area contributed by atoms with Crippen molar-refractivity contribution in [1.82, 2.24) is 15.5 Å². The van der Waals surface area contributed by atoms with E-state index in [9.17, 15) is 4.79 Å². The van der Waals surface area contributed by atoms with Crippen molar-refractivity contribution in [2.24, 2.45) is 0 Å². The lowest BCUT2D eigenvalue weighted by atomic mass is 9.99. The monoisotopic (exact) mass is 171 g/mol. The fourth-order valence-electron chi connectivity index (χ4n) is 1.57. The molecular formula is C8H17N3O. The Kier molecular flexibility index (Phi) is 3.20. The zero-order chi connectivity index (χ0) is 9.03. The minimum Gasteiger partial charge on any atom is -0.313 e. The number of piperazine rings is 1. The Balaban J connectivity index is 2.53. The first-order valence-corrected chi connectivity index (χ1v) is 4.25. The summed E-state index contributed by atoms with van der Waals surface area (Å²) in [5, 5.41) is 6.45. The summed E-state index contributed by atoms with van der Waals surface area (Å²) in [6.07, 6.45) is 1.01. The Bertz CT molecular complexity index is 152. The Morgan fingerprint density at radius 2 is 2.25 bits per heavy atom. The van der Waals surface area contributed by atoms with E-state index in [0.29, 0.717) is 0 Å². The van der Waals surface area contributed by atoms with Gasteiger partial charge in [-0.2, -0.15) is 0 Å². The number of carbonyl (C=O) groups is 1. The molecule has 0 aromatic heterocycles. The van der Waals surface area contributed by atoms with E-state index in [1.807, 2.05) is 19.0 Å². The number of likely N-dealkylation sites (N-methyl/N-ethyl adjacent to an activating group) is 1. The van der Waals surface area contributed by atoms with E-state index in [1.165, 1.54) is 0 Å². The summed E-state index contributed by atoms with van der Waals surface area (Å²) in [5.41, 5.74) is -0.373. The van der Waals surface area contributed by atoms with E-state index in [-0.39, 0.29) is 5.54 Å². The lowest BCUT2D eigenvalue weighted by Crippen LogP contribution is -2.64. The van der Waals surface area contributed by atoms with Gasteiger partial charge >= 0.3 is 0 Å². The Hall–Kier alpha value is -0.450. The zero-order valence-electron chi connectivity index (χ0n) is 7.76. The first-order chi connectivity index (χ1) is 5.68. The number of rotatable bonds is 3. The van der Waals surface area contributed by atoms with Gasteiger partial charge in [-0.1, -0.05) is 0 Å². The van der Waals surface area contributed by atoms with Crippen LogP contribution >= 0.6 is 0 Å². The summed E-state index contributed by atoms with van der Waals surface area (Å²) in [6.45, 7) is 3.30. The van der Waals surface area contributed by atoms with Crippen molar-refractivity contribution in [1.29, 1.82) is 0 Å². The van der Waals surface area contributed by atoms with Crippen LogP contribution in [0, 0.1) is 0 Å². The second-order valence-electron chi connectivity index (χ2n) is 3.62. The van der Waals surface area contributed by atoms with Gasteiger partial charge in [-0.3, -0.25) is 0 Å². The van der Waals surface area contributed by atoms with Gasteiger partial charge < -0.3 is 20.3 Å². The lowest BCUT2D eigenvalue weighted by molar-refractivity contribution is -0.114. The van der Waals surface area contributed by atoms with E-state index in [4.69, 9.17) is 0 Å². The van der Waals surface area contributed by atoms with Crippen LogP contribution in [0.25, 0.3) is 0 Å². The molecule has 1 saturated heterocycles. The topological polar surface area (TPSA) is 44.4 Å². The number of carbonyl (C=O) groups excluding carboxylic acids is 1. The van der Waals surface area contributed by atoms with Crippen LogP contribution in [0.5, 0.6) is 0 Å². The van der Waals surface area contributed by atoms with E-state index >= 15 is 0 Å². The van der Waals surface area contributed by atoms with Crippen LogP contribution in [0.4, 0.5) is 0 Å². The molecule has 1 aliphatic heterocycles. The number of hydrogen-bond donors (Lipinski definition) is 2. The maximum atomic E-state index is 10.9. The third-order valence-corrected chi connectivity index (χ3v) is 2.04. The highest BCUT2D eigenvalue weighted by Crippen LogP contribution is 2.03. The quantitative estimate of drug-likeness (QED) is 0.517. The average molecular weight is 171 g/mol. The molecule has 1 rings (SSSR count). The Morgan fingerprint density at radius 1 is 1.50 bits per heavy atom. The third kappa shape index (κ3) is 2.27. The van der Waals surface area contributed by atoms with Gasteiger partial charge in [0.25, 0.3) is 0 Å². The number of aldehydes is 1. The molecule has 0 bridgehead atoms. The molecule has 4 nitrogen and oxygen atoms in total. The molecule has 1 unspecified atom stereocenters. The predicted octanol–water partition coefficient (Wildman–Crippen LogP) is -1.32. The predicted molar refractivity (Wildman–Crippen MR) is 48.2 cm³/mol. The first-order valence-electron chi connectivity index (χ1n) is 4.25. The van der Waals surface area contributed by atoms with Gasteiger partial charge in [-0.15, -0.1) is 0 Å². The smallest absolute Gasteiger partial charge is 0.142 e. The van der Waals surface area contributed by atoms with Crippen LogP contribution < -0.4 is 10.6 Å². The molecule has 1 fully saturated rings. The molecule has 1 heterocycles. The van der Waals surface area contributed by atoms with Crippen molar-refractivity contribution < 1.29 is 4.79 Å². The molecule has 0 aromatic carbocycles. The molecule has 0 aromatic rings.